The van der Waals surface area contributed by atoms with Gasteiger partial charge in [0.15, 0.2) is 0 Å². The summed E-state index contributed by atoms with van der Waals surface area (Å²) in [6.07, 6.45) is 3.78. The number of aliphatic hydroxyl groups excluding tert-OH is 1. The smallest absolute Gasteiger partial charge is 0.0825 e. The van der Waals surface area contributed by atoms with Crippen molar-refractivity contribution in [2.75, 3.05) is 7.11 Å². The van der Waals surface area contributed by atoms with E-state index in [1.165, 1.54) is 6.42 Å². The van der Waals surface area contributed by atoms with E-state index in [4.69, 9.17) is 4.74 Å². The molecule has 0 aliphatic heterocycles. The first-order chi connectivity index (χ1) is 6.76. The molecular formula is C11H16O2S. The van der Waals surface area contributed by atoms with E-state index in [2.05, 4.69) is 0 Å². The van der Waals surface area contributed by atoms with Gasteiger partial charge in [-0.25, -0.2) is 0 Å². The van der Waals surface area contributed by atoms with Gasteiger partial charge < -0.3 is 9.84 Å². The van der Waals surface area contributed by atoms with Crippen molar-refractivity contribution in [3.8, 4) is 0 Å². The second-order valence-electron chi connectivity index (χ2n) is 4.02. The summed E-state index contributed by atoms with van der Waals surface area (Å²) in [4.78, 5) is 0. The number of ether oxygens (including phenoxy) is 1. The average Bonchev–Trinajstić information content (AvgIpc) is 2.63. The van der Waals surface area contributed by atoms with E-state index in [0.717, 1.165) is 24.8 Å². The second kappa shape index (κ2) is 4.01. The summed E-state index contributed by atoms with van der Waals surface area (Å²) in [5.41, 5.74) is 0.986. The van der Waals surface area contributed by atoms with E-state index >= 15 is 0 Å². The van der Waals surface area contributed by atoms with Crippen molar-refractivity contribution in [3.05, 3.63) is 22.4 Å². The Morgan fingerprint density at radius 2 is 2.43 bits per heavy atom. The Morgan fingerprint density at radius 1 is 1.64 bits per heavy atom. The summed E-state index contributed by atoms with van der Waals surface area (Å²) in [6.45, 7) is 0. The van der Waals surface area contributed by atoms with Crippen LogP contribution in [0.2, 0.25) is 0 Å². The lowest BCUT2D eigenvalue weighted by molar-refractivity contribution is -0.0998. The SMILES string of the molecule is COC1(CC(O)c2ccsc2)CCC1. The van der Waals surface area contributed by atoms with Crippen LogP contribution in [-0.4, -0.2) is 17.8 Å². The van der Waals surface area contributed by atoms with Crippen molar-refractivity contribution < 1.29 is 9.84 Å². The van der Waals surface area contributed by atoms with E-state index in [-0.39, 0.29) is 11.7 Å². The van der Waals surface area contributed by atoms with E-state index in [9.17, 15) is 5.11 Å². The molecule has 1 unspecified atom stereocenters. The molecule has 14 heavy (non-hydrogen) atoms. The first-order valence-electron chi connectivity index (χ1n) is 5.01. The summed E-state index contributed by atoms with van der Waals surface area (Å²) in [5.74, 6) is 0. The highest BCUT2D eigenvalue weighted by atomic mass is 32.1. The third kappa shape index (κ3) is 1.85. The van der Waals surface area contributed by atoms with Crippen molar-refractivity contribution >= 4 is 11.3 Å². The van der Waals surface area contributed by atoms with E-state index < -0.39 is 0 Å². The molecule has 2 nitrogen and oxygen atoms in total. The van der Waals surface area contributed by atoms with Gasteiger partial charge in [-0.2, -0.15) is 11.3 Å². The monoisotopic (exact) mass is 212 g/mol. The van der Waals surface area contributed by atoms with Crippen molar-refractivity contribution in [2.45, 2.75) is 37.4 Å². The zero-order valence-corrected chi connectivity index (χ0v) is 9.22. The van der Waals surface area contributed by atoms with E-state index in [1.54, 1.807) is 18.4 Å². The van der Waals surface area contributed by atoms with Gasteiger partial charge in [0.05, 0.1) is 11.7 Å². The van der Waals surface area contributed by atoms with Crippen molar-refractivity contribution in [2.24, 2.45) is 0 Å². The molecule has 0 spiro atoms. The van der Waals surface area contributed by atoms with Gasteiger partial charge in [0.25, 0.3) is 0 Å². The molecule has 78 valence electrons. The lowest BCUT2D eigenvalue weighted by Gasteiger charge is -2.41. The predicted molar refractivity (Wildman–Crippen MR) is 57.5 cm³/mol. The van der Waals surface area contributed by atoms with Crippen LogP contribution in [0, 0.1) is 0 Å². The molecule has 1 fully saturated rings. The highest BCUT2D eigenvalue weighted by Gasteiger charge is 2.38. The predicted octanol–water partition coefficient (Wildman–Crippen LogP) is 2.74. The number of methoxy groups -OCH3 is 1. The zero-order chi connectivity index (χ0) is 10.0. The number of thiophene rings is 1. The average molecular weight is 212 g/mol. The minimum absolute atomic E-state index is 0.0403. The molecule has 0 radical (unpaired) electrons. The number of hydrogen-bond donors (Lipinski definition) is 1. The molecule has 0 saturated heterocycles. The van der Waals surface area contributed by atoms with E-state index in [0.29, 0.717) is 0 Å². The van der Waals surface area contributed by atoms with Crippen LogP contribution in [-0.2, 0) is 4.74 Å². The minimum Gasteiger partial charge on any atom is -0.388 e. The zero-order valence-electron chi connectivity index (χ0n) is 8.40. The van der Waals surface area contributed by atoms with Gasteiger partial charge in [-0.15, -0.1) is 0 Å². The van der Waals surface area contributed by atoms with Crippen LogP contribution in [0.15, 0.2) is 16.8 Å². The van der Waals surface area contributed by atoms with Crippen LogP contribution in [0.3, 0.4) is 0 Å². The van der Waals surface area contributed by atoms with Gasteiger partial charge in [-0.05, 0) is 41.7 Å². The molecule has 0 bridgehead atoms. The van der Waals surface area contributed by atoms with Gasteiger partial charge in [0.1, 0.15) is 0 Å². The molecule has 1 heterocycles. The normalized spacial score (nSPS) is 21.6. The highest BCUT2D eigenvalue weighted by Crippen LogP contribution is 2.41. The maximum atomic E-state index is 9.97. The molecule has 2 rings (SSSR count). The topological polar surface area (TPSA) is 29.5 Å². The lowest BCUT2D eigenvalue weighted by Crippen LogP contribution is -2.40. The fourth-order valence-electron chi connectivity index (χ4n) is 2.00. The van der Waals surface area contributed by atoms with Gasteiger partial charge in [0.2, 0.25) is 0 Å². The van der Waals surface area contributed by atoms with Crippen molar-refractivity contribution in [3.63, 3.8) is 0 Å². The summed E-state index contributed by atoms with van der Waals surface area (Å²) in [7, 11) is 1.75. The number of rotatable bonds is 4. The standard InChI is InChI=1S/C11H16O2S/c1-13-11(4-2-5-11)7-10(12)9-3-6-14-8-9/h3,6,8,10,12H,2,4-5,7H2,1H3. The van der Waals surface area contributed by atoms with Crippen LogP contribution < -0.4 is 0 Å². The summed E-state index contributed by atoms with van der Waals surface area (Å²) < 4.78 is 5.49. The molecule has 1 aliphatic carbocycles. The number of hydrogen-bond acceptors (Lipinski definition) is 3. The Balaban J connectivity index is 1.97. The second-order valence-corrected chi connectivity index (χ2v) is 4.80. The van der Waals surface area contributed by atoms with Crippen LogP contribution >= 0.6 is 11.3 Å². The molecule has 1 aliphatic rings. The molecule has 0 amide bonds. The van der Waals surface area contributed by atoms with Crippen LogP contribution in [0.1, 0.15) is 37.4 Å². The Labute approximate surface area is 88.5 Å². The van der Waals surface area contributed by atoms with E-state index in [1.807, 2.05) is 16.8 Å². The third-order valence-corrected chi connectivity index (χ3v) is 3.89. The van der Waals surface area contributed by atoms with Gasteiger partial charge in [0, 0.05) is 13.5 Å². The molecule has 3 heteroatoms. The number of aliphatic hydroxyl groups is 1. The first-order valence-corrected chi connectivity index (χ1v) is 5.95. The van der Waals surface area contributed by atoms with Crippen molar-refractivity contribution in [1.29, 1.82) is 0 Å². The first kappa shape index (κ1) is 10.1. The summed E-state index contributed by atoms with van der Waals surface area (Å²) in [6, 6.07) is 1.98. The van der Waals surface area contributed by atoms with Crippen molar-refractivity contribution in [1.82, 2.24) is 0 Å². The fourth-order valence-corrected chi connectivity index (χ4v) is 2.70. The fraction of sp³-hybridized carbons (Fsp3) is 0.636. The molecule has 0 aromatic carbocycles. The van der Waals surface area contributed by atoms with Crippen LogP contribution in [0.4, 0.5) is 0 Å². The Bertz CT molecular complexity index is 272. The maximum absolute atomic E-state index is 9.97. The largest absolute Gasteiger partial charge is 0.388 e. The molecular weight excluding hydrogens is 196 g/mol. The van der Waals surface area contributed by atoms with Gasteiger partial charge >= 0.3 is 0 Å². The Kier molecular flexibility index (Phi) is 2.91. The molecule has 1 N–H and O–H groups in total. The van der Waals surface area contributed by atoms with Crippen LogP contribution in [0.25, 0.3) is 0 Å². The quantitative estimate of drug-likeness (QED) is 0.831. The summed E-state index contributed by atoms with van der Waals surface area (Å²) in [5, 5.41) is 14.0. The Hall–Kier alpha value is -0.380. The Morgan fingerprint density at radius 3 is 2.86 bits per heavy atom. The molecule has 1 aromatic heterocycles. The molecule has 1 saturated carbocycles. The molecule has 1 atom stereocenters. The van der Waals surface area contributed by atoms with Gasteiger partial charge in [-0.3, -0.25) is 0 Å². The third-order valence-electron chi connectivity index (χ3n) is 3.19. The minimum atomic E-state index is -0.360. The van der Waals surface area contributed by atoms with Gasteiger partial charge in [-0.1, -0.05) is 0 Å². The highest BCUT2D eigenvalue weighted by molar-refractivity contribution is 7.07. The van der Waals surface area contributed by atoms with Crippen LogP contribution in [0.5, 0.6) is 0 Å². The lowest BCUT2D eigenvalue weighted by atomic mass is 9.75. The summed E-state index contributed by atoms with van der Waals surface area (Å²) >= 11 is 1.63. The maximum Gasteiger partial charge on any atom is 0.0825 e. The molecule has 1 aromatic rings.